The smallest absolute Gasteiger partial charge is 0.339 e. The van der Waals surface area contributed by atoms with Crippen LogP contribution in [0.2, 0.25) is 0 Å². The number of carbonyl (C=O) groups excluding carboxylic acids is 1. The van der Waals surface area contributed by atoms with Gasteiger partial charge in [0, 0.05) is 35.6 Å². The minimum Gasteiger partial charge on any atom is -0.462 e. The van der Waals surface area contributed by atoms with Gasteiger partial charge in [0.25, 0.3) is 0 Å². The van der Waals surface area contributed by atoms with Gasteiger partial charge in [-0.2, -0.15) is 0 Å². The van der Waals surface area contributed by atoms with E-state index >= 15 is 0 Å². The molecule has 4 nitrogen and oxygen atoms in total. The molecule has 0 radical (unpaired) electrons. The van der Waals surface area contributed by atoms with E-state index in [0.717, 1.165) is 17.0 Å². The zero-order valence-electron chi connectivity index (χ0n) is 10.6. The lowest BCUT2D eigenvalue weighted by Crippen LogP contribution is -2.07. The SMILES string of the molecule is CCOC(=O)c1ccn2c1CSC2c1cccnc1. The van der Waals surface area contributed by atoms with Crippen LogP contribution in [0.25, 0.3) is 0 Å². The first kappa shape index (κ1) is 12.3. The monoisotopic (exact) mass is 274 g/mol. The molecular weight excluding hydrogens is 260 g/mol. The number of thioether (sulfide) groups is 1. The zero-order chi connectivity index (χ0) is 13.2. The standard InChI is InChI=1S/C14H14N2O2S/c1-2-18-14(17)11-5-7-16-12(11)9-19-13(16)10-4-3-6-15-8-10/h3-8,13H,2,9H2,1H3. The van der Waals surface area contributed by atoms with Crippen molar-refractivity contribution in [3.8, 4) is 0 Å². The molecule has 1 aliphatic heterocycles. The van der Waals surface area contributed by atoms with E-state index in [9.17, 15) is 4.79 Å². The van der Waals surface area contributed by atoms with Crippen LogP contribution in [0, 0.1) is 0 Å². The van der Waals surface area contributed by atoms with Gasteiger partial charge in [-0.05, 0) is 19.1 Å². The molecule has 19 heavy (non-hydrogen) atoms. The molecule has 0 aliphatic carbocycles. The summed E-state index contributed by atoms with van der Waals surface area (Å²) in [5, 5.41) is 0.201. The van der Waals surface area contributed by atoms with Crippen molar-refractivity contribution in [1.29, 1.82) is 0 Å². The number of carbonyl (C=O) groups is 1. The highest BCUT2D eigenvalue weighted by Gasteiger charge is 2.28. The van der Waals surface area contributed by atoms with Gasteiger partial charge in [-0.25, -0.2) is 4.79 Å². The Labute approximate surface area is 115 Å². The molecule has 2 aromatic heterocycles. The third kappa shape index (κ3) is 2.14. The molecule has 0 saturated carbocycles. The van der Waals surface area contributed by atoms with Crippen molar-refractivity contribution in [3.05, 3.63) is 53.6 Å². The Morgan fingerprint density at radius 1 is 1.58 bits per heavy atom. The summed E-state index contributed by atoms with van der Waals surface area (Å²) in [5.74, 6) is 0.587. The summed E-state index contributed by atoms with van der Waals surface area (Å²) in [7, 11) is 0. The molecule has 98 valence electrons. The second-order valence-corrected chi connectivity index (χ2v) is 5.32. The fourth-order valence-electron chi connectivity index (χ4n) is 2.26. The molecule has 1 atom stereocenters. The number of pyridine rings is 1. The van der Waals surface area contributed by atoms with Crippen molar-refractivity contribution in [3.63, 3.8) is 0 Å². The summed E-state index contributed by atoms with van der Waals surface area (Å²) in [6.07, 6.45) is 5.60. The molecule has 1 unspecified atom stereocenters. The van der Waals surface area contributed by atoms with Crippen molar-refractivity contribution in [2.24, 2.45) is 0 Å². The van der Waals surface area contributed by atoms with Crippen molar-refractivity contribution >= 4 is 17.7 Å². The fourth-order valence-corrected chi connectivity index (χ4v) is 3.57. The van der Waals surface area contributed by atoms with Crippen LogP contribution in [0.5, 0.6) is 0 Å². The van der Waals surface area contributed by atoms with Gasteiger partial charge in [0.1, 0.15) is 5.37 Å². The van der Waals surface area contributed by atoms with E-state index in [1.807, 2.05) is 31.5 Å². The van der Waals surface area contributed by atoms with Gasteiger partial charge >= 0.3 is 5.97 Å². The summed E-state index contributed by atoms with van der Waals surface area (Å²) in [6.45, 7) is 2.23. The minimum absolute atomic E-state index is 0.201. The Balaban J connectivity index is 1.93. The Morgan fingerprint density at radius 3 is 3.21 bits per heavy atom. The Morgan fingerprint density at radius 2 is 2.47 bits per heavy atom. The molecule has 3 heterocycles. The van der Waals surface area contributed by atoms with E-state index in [2.05, 4.69) is 15.6 Å². The van der Waals surface area contributed by atoms with Crippen LogP contribution >= 0.6 is 11.8 Å². The third-order valence-corrected chi connectivity index (χ3v) is 4.37. The van der Waals surface area contributed by atoms with Crippen LogP contribution in [-0.4, -0.2) is 22.1 Å². The van der Waals surface area contributed by atoms with Crippen molar-refractivity contribution in [2.75, 3.05) is 6.61 Å². The van der Waals surface area contributed by atoms with Crippen LogP contribution < -0.4 is 0 Å². The molecular formula is C14H14N2O2S. The Hall–Kier alpha value is -1.75. The summed E-state index contributed by atoms with van der Waals surface area (Å²) in [6, 6.07) is 5.84. The van der Waals surface area contributed by atoms with Crippen LogP contribution in [0.4, 0.5) is 0 Å². The largest absolute Gasteiger partial charge is 0.462 e. The summed E-state index contributed by atoms with van der Waals surface area (Å²) in [4.78, 5) is 16.0. The lowest BCUT2D eigenvalue weighted by atomic mass is 10.2. The first-order valence-electron chi connectivity index (χ1n) is 6.19. The van der Waals surface area contributed by atoms with Crippen molar-refractivity contribution < 1.29 is 9.53 Å². The lowest BCUT2D eigenvalue weighted by Gasteiger charge is -2.11. The number of fused-ring (bicyclic) bond motifs is 1. The molecule has 0 amide bonds. The van der Waals surface area contributed by atoms with Crippen LogP contribution in [0.3, 0.4) is 0 Å². The van der Waals surface area contributed by atoms with Crippen molar-refractivity contribution in [1.82, 2.24) is 9.55 Å². The fraction of sp³-hybridized carbons (Fsp3) is 0.286. The number of esters is 1. The van der Waals surface area contributed by atoms with Crippen LogP contribution in [0.15, 0.2) is 36.8 Å². The average molecular weight is 274 g/mol. The first-order chi connectivity index (χ1) is 9.31. The van der Waals surface area contributed by atoms with Gasteiger partial charge in [0.2, 0.25) is 0 Å². The van der Waals surface area contributed by atoms with Gasteiger partial charge in [-0.1, -0.05) is 6.07 Å². The Bertz CT molecular complexity index is 595. The number of rotatable bonds is 3. The highest BCUT2D eigenvalue weighted by Crippen LogP contribution is 2.41. The molecule has 2 aromatic rings. The van der Waals surface area contributed by atoms with E-state index < -0.39 is 0 Å². The maximum atomic E-state index is 11.9. The molecule has 5 heteroatoms. The predicted molar refractivity (Wildman–Crippen MR) is 74.1 cm³/mol. The molecule has 1 aliphatic rings. The maximum Gasteiger partial charge on any atom is 0.339 e. The van der Waals surface area contributed by atoms with Gasteiger partial charge in [0.05, 0.1) is 12.2 Å². The minimum atomic E-state index is -0.233. The molecule has 0 saturated heterocycles. The van der Waals surface area contributed by atoms with Gasteiger partial charge < -0.3 is 9.30 Å². The summed E-state index contributed by atoms with van der Waals surface area (Å²) in [5.41, 5.74) is 2.87. The number of hydrogen-bond donors (Lipinski definition) is 0. The number of ether oxygens (including phenoxy) is 1. The summed E-state index contributed by atoms with van der Waals surface area (Å²) >= 11 is 1.80. The van der Waals surface area contributed by atoms with Gasteiger partial charge in [0.15, 0.2) is 0 Å². The van der Waals surface area contributed by atoms with Crippen molar-refractivity contribution in [2.45, 2.75) is 18.1 Å². The molecule has 3 rings (SSSR count). The van der Waals surface area contributed by atoms with E-state index in [4.69, 9.17) is 4.74 Å². The predicted octanol–water partition coefficient (Wildman–Crippen LogP) is 2.85. The molecule has 0 fully saturated rings. The van der Waals surface area contributed by atoms with Gasteiger partial charge in [-0.3, -0.25) is 4.98 Å². The van der Waals surface area contributed by atoms with E-state index in [0.29, 0.717) is 12.2 Å². The highest BCUT2D eigenvalue weighted by molar-refractivity contribution is 7.99. The van der Waals surface area contributed by atoms with Gasteiger partial charge in [-0.15, -0.1) is 11.8 Å². The Kier molecular flexibility index (Phi) is 3.29. The quantitative estimate of drug-likeness (QED) is 0.807. The number of nitrogens with zero attached hydrogens (tertiary/aromatic N) is 2. The molecule has 0 aromatic carbocycles. The first-order valence-corrected chi connectivity index (χ1v) is 7.24. The number of hydrogen-bond acceptors (Lipinski definition) is 4. The van der Waals surface area contributed by atoms with E-state index in [-0.39, 0.29) is 11.3 Å². The lowest BCUT2D eigenvalue weighted by molar-refractivity contribution is 0.0525. The zero-order valence-corrected chi connectivity index (χ0v) is 11.4. The molecule has 0 bridgehead atoms. The molecule has 0 N–H and O–H groups in total. The topological polar surface area (TPSA) is 44.1 Å². The third-order valence-electron chi connectivity index (χ3n) is 3.12. The van der Waals surface area contributed by atoms with Crippen LogP contribution in [-0.2, 0) is 10.5 Å². The summed E-state index contributed by atoms with van der Waals surface area (Å²) < 4.78 is 7.21. The highest BCUT2D eigenvalue weighted by atomic mass is 32.2. The maximum absolute atomic E-state index is 11.9. The second-order valence-electron chi connectivity index (χ2n) is 4.25. The van der Waals surface area contributed by atoms with Crippen LogP contribution in [0.1, 0.15) is 33.9 Å². The second kappa shape index (κ2) is 5.09. The normalized spacial score (nSPS) is 17.2. The average Bonchev–Trinajstić information content (AvgIpc) is 3.00. The number of aromatic nitrogens is 2. The molecule has 0 spiro atoms. The van der Waals surface area contributed by atoms with E-state index in [1.54, 1.807) is 18.0 Å². The van der Waals surface area contributed by atoms with E-state index in [1.165, 1.54) is 0 Å².